The number of rotatable bonds is 5. The first kappa shape index (κ1) is 15.2. The predicted molar refractivity (Wildman–Crippen MR) is 56.3 cm³/mol. The highest BCUT2D eigenvalue weighted by Gasteiger charge is 2.26. The molecule has 0 spiro atoms. The number of carbonyl (C=O) groups excluding carboxylic acids is 2. The molecule has 0 saturated carbocycles. The summed E-state index contributed by atoms with van der Waals surface area (Å²) in [6.07, 6.45) is -1.26. The van der Waals surface area contributed by atoms with Gasteiger partial charge in [0.15, 0.2) is 6.04 Å². The number of hydrogen-bond acceptors (Lipinski definition) is 5. The molecular formula is C9H16N2O6. The Morgan fingerprint density at radius 2 is 1.71 bits per heavy atom. The molecule has 0 bridgehead atoms. The van der Waals surface area contributed by atoms with Gasteiger partial charge in [0.05, 0.1) is 13.2 Å². The largest absolute Gasteiger partial charge is 0.480 e. The molecule has 4 N–H and O–H groups in total. The van der Waals surface area contributed by atoms with Crippen molar-refractivity contribution in [3.8, 4) is 0 Å². The third-order valence-electron chi connectivity index (χ3n) is 1.94. The molecule has 98 valence electrons. The van der Waals surface area contributed by atoms with E-state index in [2.05, 4.69) is 10.1 Å². The van der Waals surface area contributed by atoms with Crippen molar-refractivity contribution in [2.75, 3.05) is 7.11 Å². The molecule has 0 aliphatic heterocycles. The number of ether oxygens (including phenoxy) is 1. The van der Waals surface area contributed by atoms with Crippen LogP contribution in [0.4, 0.5) is 4.79 Å². The van der Waals surface area contributed by atoms with E-state index < -0.39 is 36.2 Å². The fourth-order valence-electron chi connectivity index (χ4n) is 1.00. The molecule has 0 aromatic rings. The van der Waals surface area contributed by atoms with Crippen LogP contribution in [0.15, 0.2) is 0 Å². The highest BCUT2D eigenvalue weighted by Crippen LogP contribution is 1.93. The topological polar surface area (TPSA) is 125 Å². The number of aliphatic carboxylic acids is 1. The maximum Gasteiger partial charge on any atom is 0.328 e. The predicted octanol–water partition coefficient (Wildman–Crippen LogP) is -1.32. The Morgan fingerprint density at radius 1 is 1.18 bits per heavy atom. The molecule has 0 radical (unpaired) electrons. The van der Waals surface area contributed by atoms with Crippen molar-refractivity contribution in [1.82, 2.24) is 10.6 Å². The van der Waals surface area contributed by atoms with E-state index in [1.54, 1.807) is 0 Å². The van der Waals surface area contributed by atoms with Crippen LogP contribution in [0.5, 0.6) is 0 Å². The normalized spacial score (nSPS) is 15.3. The molecule has 0 aliphatic rings. The average molecular weight is 248 g/mol. The summed E-state index contributed by atoms with van der Waals surface area (Å²) in [6, 6.07) is -3.24. The molecular weight excluding hydrogens is 232 g/mol. The van der Waals surface area contributed by atoms with Gasteiger partial charge in [-0.2, -0.15) is 0 Å². The van der Waals surface area contributed by atoms with E-state index in [0.29, 0.717) is 0 Å². The second-order valence-electron chi connectivity index (χ2n) is 3.42. The number of carbonyl (C=O) groups is 3. The number of carboxylic acid groups (broad SMARTS) is 1. The summed E-state index contributed by atoms with van der Waals surface area (Å²) < 4.78 is 4.37. The third kappa shape index (κ3) is 5.16. The lowest BCUT2D eigenvalue weighted by Crippen LogP contribution is -2.53. The number of carboxylic acids is 1. The van der Waals surface area contributed by atoms with E-state index in [4.69, 9.17) is 10.2 Å². The fourth-order valence-corrected chi connectivity index (χ4v) is 1.00. The van der Waals surface area contributed by atoms with E-state index in [9.17, 15) is 14.4 Å². The maximum absolute atomic E-state index is 11.3. The van der Waals surface area contributed by atoms with Gasteiger partial charge >= 0.3 is 18.0 Å². The van der Waals surface area contributed by atoms with Gasteiger partial charge in [0.1, 0.15) is 6.04 Å². The molecule has 8 heteroatoms. The van der Waals surface area contributed by atoms with Crippen LogP contribution >= 0.6 is 0 Å². The van der Waals surface area contributed by atoms with E-state index in [-0.39, 0.29) is 0 Å². The molecule has 0 heterocycles. The first-order valence-electron chi connectivity index (χ1n) is 4.85. The smallest absolute Gasteiger partial charge is 0.328 e. The first-order chi connectivity index (χ1) is 7.79. The Hall–Kier alpha value is -1.83. The van der Waals surface area contributed by atoms with Crippen LogP contribution < -0.4 is 10.6 Å². The SMILES string of the molecule is COC(=O)C(C)NC(=O)N[C@H](C(=O)O)[C@@H](C)O. The zero-order valence-electron chi connectivity index (χ0n) is 9.76. The number of amides is 2. The Kier molecular flexibility index (Phi) is 5.97. The van der Waals surface area contributed by atoms with Gasteiger partial charge < -0.3 is 25.6 Å². The lowest BCUT2D eigenvalue weighted by Gasteiger charge is -2.19. The van der Waals surface area contributed by atoms with Crippen molar-refractivity contribution < 1.29 is 29.3 Å². The van der Waals surface area contributed by atoms with Crippen molar-refractivity contribution in [2.45, 2.75) is 32.0 Å². The van der Waals surface area contributed by atoms with Crippen LogP contribution in [0.25, 0.3) is 0 Å². The highest BCUT2D eigenvalue weighted by atomic mass is 16.5. The van der Waals surface area contributed by atoms with Crippen LogP contribution in [-0.4, -0.2) is 53.5 Å². The zero-order chi connectivity index (χ0) is 13.6. The average Bonchev–Trinajstić information content (AvgIpc) is 2.23. The summed E-state index contributed by atoms with van der Waals surface area (Å²) >= 11 is 0. The Balaban J connectivity index is 4.34. The standard InChI is InChI=1S/C9H16N2O6/c1-4(8(15)17-3)10-9(16)11-6(5(2)12)7(13)14/h4-6,12H,1-3H3,(H,13,14)(H2,10,11,16)/t4?,5-,6+/m1/s1. The van der Waals surface area contributed by atoms with Gasteiger partial charge in [-0.25, -0.2) is 14.4 Å². The Morgan fingerprint density at radius 3 is 2.06 bits per heavy atom. The summed E-state index contributed by atoms with van der Waals surface area (Å²) in [5, 5.41) is 22.0. The minimum absolute atomic E-state index is 0.663. The van der Waals surface area contributed by atoms with Gasteiger partial charge in [0, 0.05) is 0 Å². The summed E-state index contributed by atoms with van der Waals surface area (Å²) in [6.45, 7) is 2.60. The summed E-state index contributed by atoms with van der Waals surface area (Å²) in [5.74, 6) is -2.04. The van der Waals surface area contributed by atoms with Gasteiger partial charge in [-0.15, -0.1) is 0 Å². The van der Waals surface area contributed by atoms with Crippen LogP contribution in [0.3, 0.4) is 0 Å². The molecule has 8 nitrogen and oxygen atoms in total. The number of urea groups is 1. The van der Waals surface area contributed by atoms with Crippen molar-refractivity contribution in [1.29, 1.82) is 0 Å². The molecule has 0 saturated heterocycles. The van der Waals surface area contributed by atoms with Gasteiger partial charge in [0.2, 0.25) is 0 Å². The number of aliphatic hydroxyl groups excluding tert-OH is 1. The Bertz CT molecular complexity index is 304. The van der Waals surface area contributed by atoms with Gasteiger partial charge in [-0.1, -0.05) is 0 Å². The molecule has 1 unspecified atom stereocenters. The summed E-state index contributed by atoms with van der Waals surface area (Å²) in [4.78, 5) is 32.9. The van der Waals surface area contributed by atoms with E-state index in [1.807, 2.05) is 5.32 Å². The Labute approximate surface area is 97.9 Å². The zero-order valence-corrected chi connectivity index (χ0v) is 9.76. The van der Waals surface area contributed by atoms with Crippen molar-refractivity contribution in [2.24, 2.45) is 0 Å². The van der Waals surface area contributed by atoms with Crippen LogP contribution in [0.1, 0.15) is 13.8 Å². The van der Waals surface area contributed by atoms with Gasteiger partial charge in [0.25, 0.3) is 0 Å². The number of hydrogen-bond donors (Lipinski definition) is 4. The molecule has 0 aliphatic carbocycles. The second kappa shape index (κ2) is 6.69. The van der Waals surface area contributed by atoms with E-state index >= 15 is 0 Å². The fraction of sp³-hybridized carbons (Fsp3) is 0.667. The monoisotopic (exact) mass is 248 g/mol. The van der Waals surface area contributed by atoms with Crippen LogP contribution in [0, 0.1) is 0 Å². The summed E-state index contributed by atoms with van der Waals surface area (Å²) in [5.41, 5.74) is 0. The third-order valence-corrected chi connectivity index (χ3v) is 1.94. The number of aliphatic hydroxyl groups is 1. The summed E-state index contributed by atoms with van der Waals surface area (Å²) in [7, 11) is 1.16. The minimum atomic E-state index is -1.44. The highest BCUT2D eigenvalue weighted by molar-refractivity contribution is 5.86. The van der Waals surface area contributed by atoms with E-state index in [0.717, 1.165) is 7.11 Å². The number of nitrogens with one attached hydrogen (secondary N) is 2. The van der Waals surface area contributed by atoms with Gasteiger partial charge in [-0.3, -0.25) is 0 Å². The van der Waals surface area contributed by atoms with Gasteiger partial charge in [-0.05, 0) is 13.8 Å². The molecule has 3 atom stereocenters. The molecule has 2 amide bonds. The molecule has 0 rings (SSSR count). The minimum Gasteiger partial charge on any atom is -0.480 e. The lowest BCUT2D eigenvalue weighted by atomic mass is 10.2. The lowest BCUT2D eigenvalue weighted by molar-refractivity contribution is -0.142. The first-order valence-corrected chi connectivity index (χ1v) is 4.85. The van der Waals surface area contributed by atoms with Crippen molar-refractivity contribution in [3.05, 3.63) is 0 Å². The van der Waals surface area contributed by atoms with Crippen molar-refractivity contribution in [3.63, 3.8) is 0 Å². The maximum atomic E-state index is 11.3. The quantitative estimate of drug-likeness (QED) is 0.447. The van der Waals surface area contributed by atoms with Crippen LogP contribution in [0.2, 0.25) is 0 Å². The second-order valence-corrected chi connectivity index (χ2v) is 3.42. The molecule has 0 aromatic heterocycles. The van der Waals surface area contributed by atoms with Crippen molar-refractivity contribution >= 4 is 18.0 Å². The number of methoxy groups -OCH3 is 1. The molecule has 17 heavy (non-hydrogen) atoms. The molecule has 0 aromatic carbocycles. The van der Waals surface area contributed by atoms with Crippen LogP contribution in [-0.2, 0) is 14.3 Å². The molecule has 0 fully saturated rings. The van der Waals surface area contributed by atoms with E-state index in [1.165, 1.54) is 13.8 Å². The number of esters is 1.